The SMILES string of the molecule is CC[C@H](C)C([C@@H](CC(=O)N1C[C@@H](OC(=O)NCCN(C)C(=O)OCc2ccc(NC(=O)[C@H](CCCNC(N)=O)NC(=O)[C@@H](NC(=O)CCCCCN3C(=O)CC(SCC4(CC(=O)O)CC4)C3=O)C(C)C)cc2)C[C@H]1[C@H](OC)[C@@H](C)C(=O)NCC(=O)c1ccc(OC)c(F)c1)OC)N(C)C(=O)[C@@H](NC(=O)[C@H](C(C)C)N(C)C)C(C)C. The molecule has 636 valence electrons. The van der Waals surface area contributed by atoms with E-state index >= 15 is 4.79 Å². The van der Waals surface area contributed by atoms with Crippen LogP contribution in [-0.4, -0.2) is 267 Å². The van der Waals surface area contributed by atoms with Gasteiger partial charge in [0.25, 0.3) is 0 Å². The summed E-state index contributed by atoms with van der Waals surface area (Å²) in [5.41, 5.74) is 5.76. The van der Waals surface area contributed by atoms with Gasteiger partial charge in [-0.2, -0.15) is 0 Å². The minimum Gasteiger partial charge on any atom is -0.494 e. The van der Waals surface area contributed by atoms with Crippen molar-refractivity contribution in [1.82, 2.24) is 56.4 Å². The first-order chi connectivity index (χ1) is 53.8. The molecule has 0 spiro atoms. The number of methoxy groups -OCH3 is 3. The molecule has 2 aliphatic heterocycles. The topological polar surface area (TPSA) is 432 Å². The van der Waals surface area contributed by atoms with E-state index in [9.17, 15) is 71.8 Å². The quantitative estimate of drug-likeness (QED) is 0.0226. The lowest BCUT2D eigenvalue weighted by Crippen LogP contribution is -2.59. The lowest BCUT2D eigenvalue weighted by Gasteiger charge is -2.41. The number of thioether (sulfide) groups is 1. The molecule has 12 atom stereocenters. The highest BCUT2D eigenvalue weighted by molar-refractivity contribution is 8.00. The molecule has 2 aromatic rings. The van der Waals surface area contributed by atoms with Gasteiger partial charge in [-0.15, -0.1) is 11.8 Å². The highest BCUT2D eigenvalue weighted by atomic mass is 32.2. The lowest BCUT2D eigenvalue weighted by atomic mass is 9.89. The van der Waals surface area contributed by atoms with Gasteiger partial charge in [0.05, 0.1) is 74.5 Å². The second kappa shape index (κ2) is 45.8. The number of benzene rings is 2. The number of unbranched alkanes of at least 4 members (excludes halogenated alkanes) is 2. The molecule has 2 aromatic carbocycles. The number of imide groups is 1. The van der Waals surface area contributed by atoms with Crippen molar-refractivity contribution >= 4 is 101 Å². The number of carboxylic acid groups (broad SMARTS) is 1. The van der Waals surface area contributed by atoms with Crippen molar-refractivity contribution in [3.8, 4) is 5.75 Å². The predicted molar refractivity (Wildman–Crippen MR) is 423 cm³/mol. The van der Waals surface area contributed by atoms with Gasteiger partial charge in [-0.1, -0.05) is 87.3 Å². The number of halogens is 1. The normalized spacial score (nSPS) is 18.1. The van der Waals surface area contributed by atoms with Crippen LogP contribution < -0.4 is 47.7 Å². The molecule has 1 aliphatic carbocycles. The first kappa shape index (κ1) is 95.4. The van der Waals surface area contributed by atoms with Gasteiger partial charge in [-0.25, -0.2) is 18.8 Å². The maximum atomic E-state index is 15.0. The zero-order valence-corrected chi connectivity index (χ0v) is 69.7. The summed E-state index contributed by atoms with van der Waals surface area (Å²) in [6.45, 7) is 15.6. The number of aliphatic carboxylic acids is 1. The molecule has 13 amide bonds. The van der Waals surface area contributed by atoms with Gasteiger partial charge in [0.15, 0.2) is 17.3 Å². The average molecular weight is 1620 g/mol. The Morgan fingerprint density at radius 1 is 0.763 bits per heavy atom. The van der Waals surface area contributed by atoms with Crippen LogP contribution >= 0.6 is 11.8 Å². The third-order valence-corrected chi connectivity index (χ3v) is 22.7. The van der Waals surface area contributed by atoms with Crippen LogP contribution in [0.15, 0.2) is 42.5 Å². The molecule has 114 heavy (non-hydrogen) atoms. The number of anilines is 1. The molecule has 2 unspecified atom stereocenters. The molecule has 2 heterocycles. The Morgan fingerprint density at radius 3 is 2.02 bits per heavy atom. The Morgan fingerprint density at radius 2 is 1.44 bits per heavy atom. The number of carboxylic acids is 1. The lowest BCUT2D eigenvalue weighted by molar-refractivity contribution is -0.148. The molecule has 2 saturated heterocycles. The van der Waals surface area contributed by atoms with Crippen LogP contribution in [0.4, 0.5) is 24.5 Å². The van der Waals surface area contributed by atoms with Crippen LogP contribution in [0.3, 0.4) is 0 Å². The van der Waals surface area contributed by atoms with E-state index in [1.807, 2.05) is 41.5 Å². The highest BCUT2D eigenvalue weighted by Gasteiger charge is 2.49. The summed E-state index contributed by atoms with van der Waals surface area (Å²) in [5.74, 6) is -8.03. The van der Waals surface area contributed by atoms with Crippen molar-refractivity contribution in [2.75, 3.05) is 99.9 Å². The highest BCUT2D eigenvalue weighted by Crippen LogP contribution is 2.52. The number of likely N-dealkylation sites (tertiary alicyclic amines) is 2. The second-order valence-electron chi connectivity index (χ2n) is 31.2. The van der Waals surface area contributed by atoms with E-state index in [0.717, 1.165) is 18.9 Å². The Hall–Kier alpha value is -9.22. The maximum Gasteiger partial charge on any atom is 0.409 e. The molecule has 1 saturated carbocycles. The largest absolute Gasteiger partial charge is 0.494 e. The van der Waals surface area contributed by atoms with E-state index < -0.39 is 144 Å². The number of alkyl carbamates (subject to hydrolysis) is 1. The summed E-state index contributed by atoms with van der Waals surface area (Å²) in [6, 6.07) is 3.87. The third kappa shape index (κ3) is 28.6. The van der Waals surface area contributed by atoms with E-state index in [1.165, 1.54) is 71.9 Å². The number of nitrogens with one attached hydrogen (secondary N) is 7. The summed E-state index contributed by atoms with van der Waals surface area (Å²) < 4.78 is 43.1. The van der Waals surface area contributed by atoms with Crippen LogP contribution in [0.25, 0.3) is 0 Å². The number of primary amides is 1. The number of ether oxygens (including phenoxy) is 5. The van der Waals surface area contributed by atoms with Gasteiger partial charge >= 0.3 is 24.2 Å². The van der Waals surface area contributed by atoms with Gasteiger partial charge in [0, 0.05) is 90.8 Å². The summed E-state index contributed by atoms with van der Waals surface area (Å²) in [4.78, 5) is 194. The maximum absolute atomic E-state index is 15.0. The molecule has 10 N–H and O–H groups in total. The molecule has 33 nitrogen and oxygen atoms in total. The number of hydrogen-bond acceptors (Lipinski definition) is 21. The molecular weight excluding hydrogens is 1500 g/mol. The Bertz CT molecular complexity index is 3640. The zero-order valence-electron chi connectivity index (χ0n) is 68.9. The molecule has 35 heteroatoms. The van der Waals surface area contributed by atoms with Crippen LogP contribution in [0.5, 0.6) is 5.75 Å². The fourth-order valence-corrected chi connectivity index (χ4v) is 15.7. The fraction of sp³-hybridized carbons (Fsp3) is 0.671. The van der Waals surface area contributed by atoms with Crippen molar-refractivity contribution < 1.29 is 100 Å². The zero-order chi connectivity index (χ0) is 85.0. The molecule has 3 fully saturated rings. The van der Waals surface area contributed by atoms with E-state index in [4.69, 9.17) is 29.4 Å². The van der Waals surface area contributed by atoms with Crippen molar-refractivity contribution in [1.29, 1.82) is 0 Å². The van der Waals surface area contributed by atoms with Crippen LogP contribution in [0.2, 0.25) is 0 Å². The number of urea groups is 1. The Kier molecular flexibility index (Phi) is 38.3. The number of carbonyl (C=O) groups excluding carboxylic acids is 13. The van der Waals surface area contributed by atoms with Gasteiger partial charge in [-0.3, -0.25) is 62.5 Å². The number of amides is 13. The number of hydrogen-bond donors (Lipinski definition) is 9. The average Bonchev–Trinajstić information content (AvgIpc) is 1.62. The van der Waals surface area contributed by atoms with Crippen LogP contribution in [-0.2, 0) is 73.5 Å². The first-order valence-corrected chi connectivity index (χ1v) is 40.1. The first-order valence-electron chi connectivity index (χ1n) is 39.1. The fourth-order valence-electron chi connectivity index (χ4n) is 14.3. The number of nitrogens with two attached hydrogens (primary N) is 1. The summed E-state index contributed by atoms with van der Waals surface area (Å²) in [6.07, 6.45) is -1.11. The van der Waals surface area contributed by atoms with E-state index in [-0.39, 0.29) is 142 Å². The van der Waals surface area contributed by atoms with Crippen molar-refractivity contribution in [2.45, 2.75) is 212 Å². The number of ketones is 1. The molecular formula is C79H122FN13O20S. The van der Waals surface area contributed by atoms with Gasteiger partial charge < -0.3 is 86.4 Å². The monoisotopic (exact) mass is 1620 g/mol. The summed E-state index contributed by atoms with van der Waals surface area (Å²) in [5, 5.41) is 27.7. The van der Waals surface area contributed by atoms with E-state index in [0.29, 0.717) is 42.7 Å². The number of rotatable bonds is 48. The van der Waals surface area contributed by atoms with Gasteiger partial charge in [0.1, 0.15) is 30.8 Å². The minimum absolute atomic E-state index is 0.0175. The van der Waals surface area contributed by atoms with E-state index in [1.54, 1.807) is 71.1 Å². The van der Waals surface area contributed by atoms with Crippen molar-refractivity contribution in [3.63, 3.8) is 0 Å². The van der Waals surface area contributed by atoms with E-state index in [2.05, 4.69) is 37.2 Å². The van der Waals surface area contributed by atoms with Gasteiger partial charge in [0.2, 0.25) is 53.2 Å². The van der Waals surface area contributed by atoms with Crippen molar-refractivity contribution in [2.24, 2.45) is 40.7 Å². The van der Waals surface area contributed by atoms with Crippen LogP contribution in [0.1, 0.15) is 162 Å². The molecule has 0 radical (unpaired) electrons. The Labute approximate surface area is 672 Å². The molecule has 0 bridgehead atoms. The summed E-state index contributed by atoms with van der Waals surface area (Å²) in [7, 11) is 10.7. The molecule has 5 rings (SSSR count). The smallest absolute Gasteiger partial charge is 0.409 e. The number of nitrogens with zero attached hydrogens (tertiary/aromatic N) is 5. The van der Waals surface area contributed by atoms with Crippen molar-refractivity contribution in [3.05, 3.63) is 59.4 Å². The van der Waals surface area contributed by atoms with Gasteiger partial charge in [-0.05, 0) is 118 Å². The number of Topliss-reactive ketones (excluding diaryl/α,β-unsaturated/α-hetero) is 1. The number of carbonyl (C=O) groups is 14. The molecule has 3 aliphatic rings. The minimum atomic E-state index is -1.15. The predicted octanol–water partition coefficient (Wildman–Crippen LogP) is 5.44. The second-order valence-corrected chi connectivity index (χ2v) is 32.4. The number of likely N-dealkylation sites (N-methyl/N-ethyl adjacent to an activating group) is 3. The summed E-state index contributed by atoms with van der Waals surface area (Å²) >= 11 is 1.34. The third-order valence-electron chi connectivity index (χ3n) is 21.2. The Balaban J connectivity index is 1.17. The molecule has 0 aromatic heterocycles. The standard InChI is InChI=1S/C79H122FN13O20S/c1-17-48(8)68(91(13)75(105)66(46(4)5)88-73(103)67(47(6)7)89(10)11)59(110-15)38-62(96)93-42-53(37-56(93)69(111-16)49(9)70(100)84-41-57(94)51-26-29-58(109-14)54(80)36-51)113-77(107)83-33-35-90(12)78(108)112-43-50-24-27-52(28-25-50)85-71(101)55(22-21-32-82-76(81)106)86-72(102)65(45(2)3)87-61(95)23-19-18-20-34-92-63(97)39-60(74(92)104)114-44-79(30-31-79)40-64(98)99/h24-29,36,45-49,53,55-56,59-60,65-69H,17-23,30-35,37-44H2,1-16H3,(H,83,107)(H,84,100)(H,85,101)(H,86,102)(H,87,95)(H,88,103)(H,98,99)(H3,81,82,106)/t48-,49+,53-,55-,56-,59+,60?,65-,66-,67-,68?,69+/m0/s1. The van der Waals surface area contributed by atoms with Crippen LogP contribution in [0, 0.1) is 40.8 Å².